The van der Waals surface area contributed by atoms with E-state index in [1.54, 1.807) is 0 Å². The lowest BCUT2D eigenvalue weighted by Gasteiger charge is -2.35. The summed E-state index contributed by atoms with van der Waals surface area (Å²) in [5, 5.41) is 3.47. The first-order valence-electron chi connectivity index (χ1n) is 8.15. The molecule has 126 valence electrons. The van der Waals surface area contributed by atoms with Crippen molar-refractivity contribution in [3.8, 4) is 0 Å². The maximum absolute atomic E-state index is 12.3. The molecule has 0 aromatic carbocycles. The minimum atomic E-state index is -4.07. The molecule has 1 N–H and O–H groups in total. The van der Waals surface area contributed by atoms with Crippen LogP contribution in [0.25, 0.3) is 0 Å². The molecule has 1 aliphatic rings. The standard InChI is InChI=1S/C15H30F3N3/c1-3-7-19-14(2)6-4-5-8-20-9-11-21(12-10-20)13-15(16,17)18/h14,19H,3-13H2,1-2H3. The average Bonchev–Trinajstić information content (AvgIpc) is 2.41. The Bertz CT molecular complexity index is 263. The third-order valence-electron chi connectivity index (χ3n) is 3.97. The number of hydrogen-bond donors (Lipinski definition) is 1. The van der Waals surface area contributed by atoms with Gasteiger partial charge in [0.15, 0.2) is 0 Å². The molecule has 1 atom stereocenters. The van der Waals surface area contributed by atoms with Crippen LogP contribution in [0.2, 0.25) is 0 Å². The summed E-state index contributed by atoms with van der Waals surface area (Å²) in [6.45, 7) is 8.30. The van der Waals surface area contributed by atoms with E-state index in [0.29, 0.717) is 19.1 Å². The van der Waals surface area contributed by atoms with Gasteiger partial charge in [0.1, 0.15) is 0 Å². The Balaban J connectivity index is 2.03. The van der Waals surface area contributed by atoms with Crippen molar-refractivity contribution >= 4 is 0 Å². The SMILES string of the molecule is CCCNC(C)CCCCN1CCN(CC(F)(F)F)CC1. The quantitative estimate of drug-likeness (QED) is 0.661. The Kier molecular flexibility index (Phi) is 8.59. The molecule has 21 heavy (non-hydrogen) atoms. The number of halogens is 3. The van der Waals surface area contributed by atoms with Gasteiger partial charge in [-0.1, -0.05) is 13.3 Å². The van der Waals surface area contributed by atoms with Crippen molar-refractivity contribution in [2.75, 3.05) is 45.8 Å². The van der Waals surface area contributed by atoms with Crippen LogP contribution in [0.5, 0.6) is 0 Å². The van der Waals surface area contributed by atoms with Gasteiger partial charge in [-0.3, -0.25) is 4.90 Å². The predicted octanol–water partition coefficient (Wildman–Crippen LogP) is 2.72. The normalized spacial score (nSPS) is 19.9. The van der Waals surface area contributed by atoms with E-state index >= 15 is 0 Å². The zero-order valence-corrected chi connectivity index (χ0v) is 13.4. The topological polar surface area (TPSA) is 18.5 Å². The van der Waals surface area contributed by atoms with E-state index in [9.17, 15) is 13.2 Å². The molecule has 0 bridgehead atoms. The maximum Gasteiger partial charge on any atom is 0.401 e. The summed E-state index contributed by atoms with van der Waals surface area (Å²) in [6, 6.07) is 0.564. The van der Waals surface area contributed by atoms with E-state index in [1.807, 2.05) is 0 Å². The second kappa shape index (κ2) is 9.64. The summed E-state index contributed by atoms with van der Waals surface area (Å²) < 4.78 is 36.9. The third kappa shape index (κ3) is 9.32. The fourth-order valence-electron chi connectivity index (χ4n) is 2.70. The first kappa shape index (κ1) is 18.7. The molecule has 0 radical (unpaired) electrons. The fraction of sp³-hybridized carbons (Fsp3) is 1.00. The van der Waals surface area contributed by atoms with Crippen molar-refractivity contribution in [1.82, 2.24) is 15.1 Å². The predicted molar refractivity (Wildman–Crippen MR) is 80.5 cm³/mol. The van der Waals surface area contributed by atoms with Crippen molar-refractivity contribution in [3.05, 3.63) is 0 Å². The van der Waals surface area contributed by atoms with Gasteiger partial charge < -0.3 is 10.2 Å². The van der Waals surface area contributed by atoms with Crippen LogP contribution in [0.4, 0.5) is 13.2 Å². The molecule has 1 fully saturated rings. The van der Waals surface area contributed by atoms with E-state index < -0.39 is 12.7 Å². The van der Waals surface area contributed by atoms with E-state index in [0.717, 1.165) is 39.0 Å². The molecular weight excluding hydrogens is 279 g/mol. The van der Waals surface area contributed by atoms with E-state index in [-0.39, 0.29) is 0 Å². The van der Waals surface area contributed by atoms with Crippen LogP contribution in [0.3, 0.4) is 0 Å². The smallest absolute Gasteiger partial charge is 0.314 e. The van der Waals surface area contributed by atoms with Gasteiger partial charge in [-0.25, -0.2) is 0 Å². The number of alkyl halides is 3. The lowest BCUT2D eigenvalue weighted by molar-refractivity contribution is -0.149. The van der Waals surface area contributed by atoms with Crippen LogP contribution in [-0.4, -0.2) is 67.8 Å². The third-order valence-corrected chi connectivity index (χ3v) is 3.97. The Hall–Kier alpha value is -0.330. The van der Waals surface area contributed by atoms with Gasteiger partial charge in [-0.15, -0.1) is 0 Å². The van der Waals surface area contributed by atoms with Crippen molar-refractivity contribution in [3.63, 3.8) is 0 Å². The van der Waals surface area contributed by atoms with Gasteiger partial charge in [-0.05, 0) is 39.3 Å². The lowest BCUT2D eigenvalue weighted by Crippen LogP contribution is -2.49. The highest BCUT2D eigenvalue weighted by atomic mass is 19.4. The van der Waals surface area contributed by atoms with Crippen molar-refractivity contribution < 1.29 is 13.2 Å². The molecule has 6 heteroatoms. The molecule has 0 aromatic heterocycles. The molecule has 0 aromatic rings. The van der Waals surface area contributed by atoms with Crippen LogP contribution in [0, 0.1) is 0 Å². The highest BCUT2D eigenvalue weighted by Gasteiger charge is 2.31. The summed E-state index contributed by atoms with van der Waals surface area (Å²) >= 11 is 0. The molecule has 0 spiro atoms. The summed E-state index contributed by atoms with van der Waals surface area (Å²) in [6.07, 6.45) is 0.586. The Labute approximate surface area is 126 Å². The van der Waals surface area contributed by atoms with Crippen LogP contribution in [-0.2, 0) is 0 Å². The summed E-state index contributed by atoms with van der Waals surface area (Å²) in [7, 11) is 0. The molecule has 1 aliphatic heterocycles. The van der Waals surface area contributed by atoms with Crippen LogP contribution < -0.4 is 5.32 Å². The Morgan fingerprint density at radius 1 is 1.05 bits per heavy atom. The summed E-state index contributed by atoms with van der Waals surface area (Å²) in [5.74, 6) is 0. The maximum atomic E-state index is 12.3. The van der Waals surface area contributed by atoms with E-state index in [4.69, 9.17) is 0 Å². The van der Waals surface area contributed by atoms with E-state index in [1.165, 1.54) is 17.7 Å². The Morgan fingerprint density at radius 2 is 1.67 bits per heavy atom. The zero-order valence-electron chi connectivity index (χ0n) is 13.4. The van der Waals surface area contributed by atoms with Gasteiger partial charge in [0, 0.05) is 32.2 Å². The number of rotatable bonds is 9. The second-order valence-electron chi connectivity index (χ2n) is 6.08. The highest BCUT2D eigenvalue weighted by Crippen LogP contribution is 2.17. The summed E-state index contributed by atoms with van der Waals surface area (Å²) in [5.41, 5.74) is 0. The van der Waals surface area contributed by atoms with Crippen LogP contribution in [0.15, 0.2) is 0 Å². The van der Waals surface area contributed by atoms with Crippen molar-refractivity contribution in [2.45, 2.75) is 51.7 Å². The molecular formula is C15H30F3N3. The monoisotopic (exact) mass is 309 g/mol. The molecule has 0 saturated carbocycles. The van der Waals surface area contributed by atoms with E-state index in [2.05, 4.69) is 24.1 Å². The number of nitrogens with zero attached hydrogens (tertiary/aromatic N) is 2. The van der Waals surface area contributed by atoms with Gasteiger partial charge in [0.2, 0.25) is 0 Å². The highest BCUT2D eigenvalue weighted by molar-refractivity contribution is 4.74. The van der Waals surface area contributed by atoms with Gasteiger partial charge >= 0.3 is 6.18 Å². The molecule has 1 rings (SSSR count). The second-order valence-corrected chi connectivity index (χ2v) is 6.08. The lowest BCUT2D eigenvalue weighted by atomic mass is 10.1. The van der Waals surface area contributed by atoms with Crippen molar-refractivity contribution in [2.24, 2.45) is 0 Å². The Morgan fingerprint density at radius 3 is 2.24 bits per heavy atom. The van der Waals surface area contributed by atoms with Gasteiger partial charge in [0.05, 0.1) is 6.54 Å². The molecule has 3 nitrogen and oxygen atoms in total. The average molecular weight is 309 g/mol. The minimum absolute atomic E-state index is 0.536. The molecule has 1 saturated heterocycles. The minimum Gasteiger partial charge on any atom is -0.314 e. The van der Waals surface area contributed by atoms with Crippen LogP contribution >= 0.6 is 0 Å². The zero-order chi connectivity index (χ0) is 15.7. The van der Waals surface area contributed by atoms with Crippen LogP contribution in [0.1, 0.15) is 39.5 Å². The number of hydrogen-bond acceptors (Lipinski definition) is 3. The molecule has 1 unspecified atom stereocenters. The fourth-order valence-corrected chi connectivity index (χ4v) is 2.70. The molecule has 0 amide bonds. The van der Waals surface area contributed by atoms with Crippen molar-refractivity contribution in [1.29, 1.82) is 0 Å². The molecule has 0 aliphatic carbocycles. The van der Waals surface area contributed by atoms with Gasteiger partial charge in [0.25, 0.3) is 0 Å². The molecule has 1 heterocycles. The first-order valence-corrected chi connectivity index (χ1v) is 8.15. The number of nitrogens with one attached hydrogen (secondary N) is 1. The number of piperazine rings is 1. The largest absolute Gasteiger partial charge is 0.401 e. The van der Waals surface area contributed by atoms with Gasteiger partial charge in [-0.2, -0.15) is 13.2 Å². The number of unbranched alkanes of at least 4 members (excludes halogenated alkanes) is 1. The summed E-state index contributed by atoms with van der Waals surface area (Å²) in [4.78, 5) is 3.80. The first-order chi connectivity index (χ1) is 9.90.